The third-order valence-corrected chi connectivity index (χ3v) is 9.68. The minimum absolute atomic E-state index is 0. The average molecular weight is 578 g/mol. The van der Waals surface area contributed by atoms with Gasteiger partial charge in [-0.3, -0.25) is 4.79 Å². The van der Waals surface area contributed by atoms with Crippen molar-refractivity contribution in [1.82, 2.24) is 4.98 Å². The number of nitrogens with zero attached hydrogens (tertiary/aromatic N) is 2. The predicted octanol–water partition coefficient (Wildman–Crippen LogP) is 6.47. The van der Waals surface area contributed by atoms with E-state index in [1.54, 1.807) is 11.3 Å². The number of fused-ring (bicyclic) bond motifs is 1. The van der Waals surface area contributed by atoms with Crippen LogP contribution in [0.2, 0.25) is 0 Å². The number of carboxylic acids is 1. The summed E-state index contributed by atoms with van der Waals surface area (Å²) in [5, 5.41) is 14.1. The fraction of sp³-hybridized carbons (Fsp3) is 0.500. The number of thiazole rings is 1. The van der Waals surface area contributed by atoms with Crippen LogP contribution in [0.25, 0.3) is 10.2 Å². The maximum atomic E-state index is 12.2. The molecule has 1 atom stereocenters. The molecule has 3 aromatic rings. The van der Waals surface area contributed by atoms with Crippen LogP contribution >= 0.6 is 24.8 Å². The number of aryl methyl sites for hydroxylation is 1. The molecule has 0 spiro atoms. The molecule has 4 rings (SSSR count). The van der Waals surface area contributed by atoms with Crippen molar-refractivity contribution < 1.29 is 18.3 Å². The van der Waals surface area contributed by atoms with E-state index in [2.05, 4.69) is 47.2 Å². The Morgan fingerprint density at radius 3 is 2.53 bits per heavy atom. The second kappa shape index (κ2) is 12.7. The highest BCUT2D eigenvalue weighted by Gasteiger charge is 2.30. The van der Waals surface area contributed by atoms with Gasteiger partial charge in [0.2, 0.25) is 0 Å². The molecule has 0 radical (unpaired) electrons. The zero-order chi connectivity index (χ0) is 26.7. The lowest BCUT2D eigenvalue weighted by Gasteiger charge is -2.38. The monoisotopic (exact) mass is 577 g/mol. The summed E-state index contributed by atoms with van der Waals surface area (Å²) in [4.78, 5) is 18.5. The third-order valence-electron chi connectivity index (χ3n) is 7.02. The number of aromatic nitrogens is 1. The summed E-state index contributed by atoms with van der Waals surface area (Å²) in [5.41, 5.74) is 4.76. The first-order chi connectivity index (χ1) is 17.5. The molecule has 1 aliphatic rings. The van der Waals surface area contributed by atoms with E-state index < -0.39 is 15.8 Å². The molecule has 1 aliphatic heterocycles. The maximum absolute atomic E-state index is 12.2. The Hall–Kier alpha value is -2.30. The van der Waals surface area contributed by atoms with Crippen molar-refractivity contribution in [2.24, 2.45) is 5.92 Å². The molecule has 7 nitrogen and oxygen atoms in total. The average Bonchev–Trinajstić information content (AvgIpc) is 3.20. The van der Waals surface area contributed by atoms with Crippen LogP contribution in [0.4, 0.5) is 17.1 Å². The lowest BCUT2D eigenvalue weighted by atomic mass is 9.92. The van der Waals surface area contributed by atoms with E-state index in [0.29, 0.717) is 18.8 Å². The molecule has 1 saturated heterocycles. The van der Waals surface area contributed by atoms with Crippen LogP contribution in [0, 0.1) is 12.8 Å². The second-order valence-electron chi connectivity index (χ2n) is 10.4. The minimum Gasteiger partial charge on any atom is -0.481 e. The zero-order valence-electron chi connectivity index (χ0n) is 22.5. The van der Waals surface area contributed by atoms with Gasteiger partial charge in [0.05, 0.1) is 44.5 Å². The van der Waals surface area contributed by atoms with Crippen molar-refractivity contribution in [3.63, 3.8) is 0 Å². The van der Waals surface area contributed by atoms with Crippen LogP contribution in [-0.4, -0.2) is 48.6 Å². The van der Waals surface area contributed by atoms with Crippen LogP contribution in [0.15, 0.2) is 36.4 Å². The van der Waals surface area contributed by atoms with Gasteiger partial charge in [0.15, 0.2) is 0 Å². The normalized spacial score (nSPS) is 16.2. The van der Waals surface area contributed by atoms with Crippen molar-refractivity contribution in [3.05, 3.63) is 47.0 Å². The lowest BCUT2D eigenvalue weighted by Crippen LogP contribution is -2.43. The number of benzene rings is 2. The summed E-state index contributed by atoms with van der Waals surface area (Å²) in [5.74, 6) is -0.0861. The van der Waals surface area contributed by atoms with E-state index in [1.807, 2.05) is 32.0 Å². The van der Waals surface area contributed by atoms with Crippen molar-refractivity contribution in [3.8, 4) is 0 Å². The Morgan fingerprint density at radius 1 is 1.18 bits per heavy atom. The van der Waals surface area contributed by atoms with Crippen molar-refractivity contribution in [2.45, 2.75) is 65.3 Å². The van der Waals surface area contributed by atoms with Gasteiger partial charge in [-0.1, -0.05) is 26.8 Å². The summed E-state index contributed by atoms with van der Waals surface area (Å²) >= 11 is 1.66. The van der Waals surface area contributed by atoms with Crippen molar-refractivity contribution >= 4 is 67.9 Å². The quantitative estimate of drug-likeness (QED) is 0.285. The van der Waals surface area contributed by atoms with Gasteiger partial charge >= 0.3 is 5.97 Å². The van der Waals surface area contributed by atoms with E-state index in [0.717, 1.165) is 50.8 Å². The van der Waals surface area contributed by atoms with Crippen LogP contribution in [0.5, 0.6) is 0 Å². The zero-order valence-corrected chi connectivity index (χ0v) is 25.2. The van der Waals surface area contributed by atoms with Gasteiger partial charge in [-0.15, -0.1) is 11.3 Å². The van der Waals surface area contributed by atoms with Gasteiger partial charge in [0.25, 0.3) is 0 Å². The molecule has 1 fully saturated rings. The van der Waals surface area contributed by atoms with E-state index in [4.69, 9.17) is 0 Å². The smallest absolute Gasteiger partial charge is 0.303 e. The number of aliphatic carboxylic acids is 1. The molecule has 0 amide bonds. The molecule has 1 aromatic heterocycles. The van der Waals surface area contributed by atoms with Gasteiger partial charge in [-0.2, -0.15) is 13.5 Å². The van der Waals surface area contributed by atoms with Crippen LogP contribution in [0.3, 0.4) is 0 Å². The second-order valence-corrected chi connectivity index (χ2v) is 14.0. The molecule has 10 heteroatoms. The SMILES string of the molecule is CC[C@@H](CC(=O)O)c1ccc(N(CC(C)C)C2CCS(=O)(=O)CC2)c(Nc2ccc3sc(C)nc3c2)c1.S. The Bertz CT molecular complexity index is 1360. The van der Waals surface area contributed by atoms with E-state index in [-0.39, 0.29) is 43.4 Å². The Morgan fingerprint density at radius 2 is 1.89 bits per heavy atom. The fourth-order valence-electron chi connectivity index (χ4n) is 5.17. The topological polar surface area (TPSA) is 99.6 Å². The molecule has 208 valence electrons. The number of anilines is 3. The van der Waals surface area contributed by atoms with E-state index >= 15 is 0 Å². The summed E-state index contributed by atoms with van der Waals surface area (Å²) < 4.78 is 25.4. The Labute approximate surface area is 237 Å². The molecule has 0 saturated carbocycles. The first-order valence-corrected chi connectivity index (χ1v) is 15.7. The molecule has 38 heavy (non-hydrogen) atoms. The van der Waals surface area contributed by atoms with Gasteiger partial charge in [0, 0.05) is 18.3 Å². The van der Waals surface area contributed by atoms with Crippen molar-refractivity contribution in [2.75, 3.05) is 28.3 Å². The van der Waals surface area contributed by atoms with Gasteiger partial charge in [-0.05, 0) is 73.9 Å². The van der Waals surface area contributed by atoms with Gasteiger partial charge < -0.3 is 15.3 Å². The number of carbonyl (C=O) groups is 1. The number of sulfone groups is 1. The van der Waals surface area contributed by atoms with Crippen LogP contribution in [0.1, 0.15) is 62.9 Å². The van der Waals surface area contributed by atoms with E-state index in [9.17, 15) is 18.3 Å². The lowest BCUT2D eigenvalue weighted by molar-refractivity contribution is -0.137. The highest BCUT2D eigenvalue weighted by molar-refractivity contribution is 7.91. The summed E-state index contributed by atoms with van der Waals surface area (Å²) in [7, 11) is -2.97. The summed E-state index contributed by atoms with van der Waals surface area (Å²) in [6.07, 6.45) is 2.02. The largest absolute Gasteiger partial charge is 0.481 e. The number of hydrogen-bond donors (Lipinski definition) is 2. The first-order valence-electron chi connectivity index (χ1n) is 13.0. The first kappa shape index (κ1) is 30.2. The fourth-order valence-corrected chi connectivity index (χ4v) is 7.44. The Balaban J connectivity index is 0.00000400. The van der Waals surface area contributed by atoms with Gasteiger partial charge in [0.1, 0.15) is 9.84 Å². The van der Waals surface area contributed by atoms with Crippen LogP contribution in [-0.2, 0) is 14.6 Å². The third kappa shape index (κ3) is 7.42. The summed E-state index contributed by atoms with van der Waals surface area (Å²) in [6.45, 7) is 9.16. The Kier molecular flexibility index (Phi) is 10.1. The molecule has 2 N–H and O–H groups in total. The number of rotatable bonds is 10. The van der Waals surface area contributed by atoms with Crippen molar-refractivity contribution in [1.29, 1.82) is 0 Å². The highest BCUT2D eigenvalue weighted by atomic mass is 32.2. The number of hydrogen-bond acceptors (Lipinski definition) is 7. The number of carboxylic acid groups (broad SMARTS) is 1. The maximum Gasteiger partial charge on any atom is 0.303 e. The van der Waals surface area contributed by atoms with Crippen LogP contribution < -0.4 is 10.2 Å². The molecule has 0 aliphatic carbocycles. The highest BCUT2D eigenvalue weighted by Crippen LogP contribution is 2.38. The van der Waals surface area contributed by atoms with Gasteiger partial charge in [-0.25, -0.2) is 13.4 Å². The molecular formula is C28H39N3O4S3. The summed E-state index contributed by atoms with van der Waals surface area (Å²) in [6, 6.07) is 12.5. The molecular weight excluding hydrogens is 539 g/mol. The molecule has 0 unspecified atom stereocenters. The molecule has 2 heterocycles. The standard InChI is InChI=1S/C28H37N3O4S2.H2S/c1-5-20(15-28(32)33)21-6-8-26(31(17-18(2)3)23-10-12-37(34,35)13-11-23)24(14-21)30-22-7-9-27-25(16-22)29-19(4)36-27;/h6-9,14,16,18,20,23,30H,5,10-13,15,17H2,1-4H3,(H,32,33);1H2/t20-;/m0./s1. The molecule has 0 bridgehead atoms. The minimum atomic E-state index is -2.97. The predicted molar refractivity (Wildman–Crippen MR) is 164 cm³/mol. The molecule has 2 aromatic carbocycles. The number of nitrogens with one attached hydrogen (secondary N) is 1. The van der Waals surface area contributed by atoms with E-state index in [1.165, 1.54) is 0 Å².